The van der Waals surface area contributed by atoms with Gasteiger partial charge in [0, 0.05) is 35.5 Å². The van der Waals surface area contributed by atoms with Crippen LogP contribution < -0.4 is 0 Å². The lowest BCUT2D eigenvalue weighted by atomic mass is 10.0. The lowest BCUT2D eigenvalue weighted by Gasteiger charge is -2.06. The zero-order valence-electron chi connectivity index (χ0n) is 10.2. The molecule has 0 spiro atoms. The zero-order chi connectivity index (χ0) is 12.7. The Morgan fingerprint density at radius 2 is 2.00 bits per heavy atom. The number of nitrogens with zero attached hydrogens (tertiary/aromatic N) is 3. The maximum Gasteiger partial charge on any atom is 0.132 e. The summed E-state index contributed by atoms with van der Waals surface area (Å²) in [5, 5.41) is 4.76. The highest BCUT2D eigenvalue weighted by atomic mass is 19.1. The van der Waals surface area contributed by atoms with Crippen molar-refractivity contribution in [1.82, 2.24) is 14.8 Å². The van der Waals surface area contributed by atoms with Crippen molar-refractivity contribution in [2.75, 3.05) is 0 Å². The second-order valence-electron chi connectivity index (χ2n) is 4.26. The minimum Gasteiger partial charge on any atom is -0.272 e. The molecule has 0 amide bonds. The number of hydrogen-bond acceptors (Lipinski definition) is 2. The number of hydrogen-bond donors (Lipinski definition) is 0. The van der Waals surface area contributed by atoms with Crippen LogP contribution in [-0.4, -0.2) is 14.8 Å². The van der Waals surface area contributed by atoms with Crippen LogP contribution in [0.5, 0.6) is 0 Å². The van der Waals surface area contributed by atoms with E-state index in [1.807, 2.05) is 14.0 Å². The van der Waals surface area contributed by atoms with Crippen LogP contribution in [0.15, 0.2) is 36.7 Å². The molecule has 0 radical (unpaired) electrons. The largest absolute Gasteiger partial charge is 0.272 e. The molecule has 18 heavy (non-hydrogen) atoms. The third kappa shape index (κ3) is 1.49. The molecule has 0 aliphatic heterocycles. The summed E-state index contributed by atoms with van der Waals surface area (Å²) in [6.45, 7) is 1.99. The van der Waals surface area contributed by atoms with Crippen LogP contribution in [0.1, 0.15) is 5.69 Å². The van der Waals surface area contributed by atoms with Gasteiger partial charge in [-0.1, -0.05) is 0 Å². The average molecular weight is 241 g/mol. The Morgan fingerprint density at radius 3 is 2.72 bits per heavy atom. The van der Waals surface area contributed by atoms with Gasteiger partial charge in [-0.25, -0.2) is 4.39 Å². The molecule has 3 aromatic rings. The molecule has 0 fully saturated rings. The maximum absolute atomic E-state index is 13.7. The molecular formula is C14H12FN3. The highest BCUT2D eigenvalue weighted by Crippen LogP contribution is 2.30. The van der Waals surface area contributed by atoms with E-state index in [4.69, 9.17) is 0 Å². The monoisotopic (exact) mass is 241 g/mol. The predicted octanol–water partition coefficient (Wildman–Crippen LogP) is 3.08. The summed E-state index contributed by atoms with van der Waals surface area (Å²) in [5.41, 5.74) is 3.61. The second kappa shape index (κ2) is 3.91. The van der Waals surface area contributed by atoms with Gasteiger partial charge < -0.3 is 0 Å². The smallest absolute Gasteiger partial charge is 0.132 e. The number of halogens is 1. The molecular weight excluding hydrogens is 229 g/mol. The van der Waals surface area contributed by atoms with E-state index in [2.05, 4.69) is 10.1 Å². The zero-order valence-corrected chi connectivity index (χ0v) is 10.2. The maximum atomic E-state index is 13.7. The van der Waals surface area contributed by atoms with E-state index in [0.29, 0.717) is 10.9 Å². The quantitative estimate of drug-likeness (QED) is 0.655. The lowest BCUT2D eigenvalue weighted by molar-refractivity contribution is 0.639. The highest BCUT2D eigenvalue weighted by molar-refractivity contribution is 5.94. The van der Waals surface area contributed by atoms with E-state index in [1.165, 1.54) is 6.07 Å². The van der Waals surface area contributed by atoms with E-state index in [9.17, 15) is 4.39 Å². The number of pyridine rings is 1. The van der Waals surface area contributed by atoms with E-state index in [0.717, 1.165) is 16.8 Å². The molecule has 0 unspecified atom stereocenters. The van der Waals surface area contributed by atoms with Crippen LogP contribution >= 0.6 is 0 Å². The topological polar surface area (TPSA) is 30.7 Å². The Balaban J connectivity index is 2.37. The van der Waals surface area contributed by atoms with E-state index in [-0.39, 0.29) is 5.82 Å². The molecule has 4 heteroatoms. The third-order valence-electron chi connectivity index (χ3n) is 3.24. The van der Waals surface area contributed by atoms with Gasteiger partial charge in [-0.05, 0) is 31.2 Å². The number of aromatic nitrogens is 3. The van der Waals surface area contributed by atoms with Gasteiger partial charge in [-0.2, -0.15) is 5.10 Å². The van der Waals surface area contributed by atoms with Gasteiger partial charge >= 0.3 is 0 Å². The molecule has 0 saturated heterocycles. The normalized spacial score (nSPS) is 11.1. The Labute approximate surface area is 104 Å². The van der Waals surface area contributed by atoms with Crippen molar-refractivity contribution in [3.8, 4) is 11.1 Å². The number of benzene rings is 1. The summed E-state index contributed by atoms with van der Waals surface area (Å²) in [6, 6.07) is 6.72. The summed E-state index contributed by atoms with van der Waals surface area (Å²) >= 11 is 0. The summed E-state index contributed by atoms with van der Waals surface area (Å²) in [5.74, 6) is -0.247. The van der Waals surface area contributed by atoms with Gasteiger partial charge in [0.05, 0.1) is 11.7 Å². The molecule has 0 aliphatic rings. The summed E-state index contributed by atoms with van der Waals surface area (Å²) in [4.78, 5) is 4.29. The number of rotatable bonds is 1. The van der Waals surface area contributed by atoms with Gasteiger partial charge in [0.2, 0.25) is 0 Å². The second-order valence-corrected chi connectivity index (χ2v) is 4.26. The van der Waals surface area contributed by atoms with Crippen molar-refractivity contribution >= 4 is 10.9 Å². The van der Waals surface area contributed by atoms with Crippen LogP contribution in [0, 0.1) is 12.7 Å². The van der Waals surface area contributed by atoms with Crippen LogP contribution in [0.25, 0.3) is 22.0 Å². The van der Waals surface area contributed by atoms with Crippen molar-refractivity contribution in [2.24, 2.45) is 7.05 Å². The number of fused-ring (bicyclic) bond motifs is 1. The van der Waals surface area contributed by atoms with Crippen molar-refractivity contribution in [2.45, 2.75) is 6.92 Å². The van der Waals surface area contributed by atoms with Crippen LogP contribution in [0.3, 0.4) is 0 Å². The minimum absolute atomic E-state index is 0.247. The molecule has 0 atom stereocenters. The molecule has 3 nitrogen and oxygen atoms in total. The van der Waals surface area contributed by atoms with Crippen molar-refractivity contribution < 1.29 is 4.39 Å². The molecule has 2 heterocycles. The first-order valence-electron chi connectivity index (χ1n) is 5.70. The fourth-order valence-corrected chi connectivity index (χ4v) is 2.12. The first-order chi connectivity index (χ1) is 8.68. The predicted molar refractivity (Wildman–Crippen MR) is 68.6 cm³/mol. The van der Waals surface area contributed by atoms with Gasteiger partial charge in [0.15, 0.2) is 0 Å². The third-order valence-corrected chi connectivity index (χ3v) is 3.24. The Bertz CT molecular complexity index is 731. The standard InChI is InChI=1S/C14H12FN3/c1-9-12(8-17-18(9)2)10-5-6-13(15)11-4-3-7-16-14(10)11/h3-8H,1-2H3. The van der Waals surface area contributed by atoms with Gasteiger partial charge in [0.1, 0.15) is 5.82 Å². The molecule has 2 aromatic heterocycles. The fourth-order valence-electron chi connectivity index (χ4n) is 2.12. The highest BCUT2D eigenvalue weighted by Gasteiger charge is 2.12. The minimum atomic E-state index is -0.247. The molecule has 0 saturated carbocycles. The summed E-state index contributed by atoms with van der Waals surface area (Å²) in [7, 11) is 1.89. The molecule has 0 bridgehead atoms. The van der Waals surface area contributed by atoms with Crippen molar-refractivity contribution in [1.29, 1.82) is 0 Å². The summed E-state index contributed by atoms with van der Waals surface area (Å²) < 4.78 is 15.5. The molecule has 0 N–H and O–H groups in total. The SMILES string of the molecule is Cc1c(-c2ccc(F)c3cccnc23)cnn1C. The average Bonchev–Trinajstić information content (AvgIpc) is 2.71. The van der Waals surface area contributed by atoms with Crippen LogP contribution in [-0.2, 0) is 7.05 Å². The van der Waals surface area contributed by atoms with Crippen molar-refractivity contribution in [3.05, 3.63) is 48.2 Å². The van der Waals surface area contributed by atoms with E-state index >= 15 is 0 Å². The van der Waals surface area contributed by atoms with E-state index < -0.39 is 0 Å². The molecule has 0 aliphatic carbocycles. The van der Waals surface area contributed by atoms with Crippen molar-refractivity contribution in [3.63, 3.8) is 0 Å². The first kappa shape index (κ1) is 10.9. The number of aryl methyl sites for hydroxylation is 1. The fraction of sp³-hybridized carbons (Fsp3) is 0.143. The first-order valence-corrected chi connectivity index (χ1v) is 5.70. The van der Waals surface area contributed by atoms with Gasteiger partial charge in [-0.3, -0.25) is 9.67 Å². The summed E-state index contributed by atoms with van der Waals surface area (Å²) in [6.07, 6.45) is 3.47. The Morgan fingerprint density at radius 1 is 1.17 bits per heavy atom. The van der Waals surface area contributed by atoms with Crippen LogP contribution in [0.2, 0.25) is 0 Å². The van der Waals surface area contributed by atoms with E-state index in [1.54, 1.807) is 35.3 Å². The molecule has 90 valence electrons. The Hall–Kier alpha value is -2.23. The Kier molecular flexibility index (Phi) is 2.37. The molecule has 1 aromatic carbocycles. The lowest BCUT2D eigenvalue weighted by Crippen LogP contribution is -1.93. The molecule has 3 rings (SSSR count). The van der Waals surface area contributed by atoms with Crippen LogP contribution in [0.4, 0.5) is 4.39 Å². The van der Waals surface area contributed by atoms with Gasteiger partial charge in [-0.15, -0.1) is 0 Å². The van der Waals surface area contributed by atoms with Gasteiger partial charge in [0.25, 0.3) is 0 Å².